The number of aromatic nitrogens is 1. The van der Waals surface area contributed by atoms with Gasteiger partial charge in [0, 0.05) is 24.5 Å². The molecule has 4 aliphatic heterocycles. The molecule has 202 valence electrons. The number of carbonyl (C=O) groups excluding carboxylic acids is 3. The molecule has 11 nitrogen and oxygen atoms in total. The second-order valence-electron chi connectivity index (χ2n) is 10.8. The van der Waals surface area contributed by atoms with Gasteiger partial charge in [0.25, 0.3) is 15.9 Å². The minimum Gasteiger partial charge on any atom is -0.390 e. The third-order valence-corrected chi connectivity index (χ3v) is 10.7. The van der Waals surface area contributed by atoms with Crippen LogP contribution in [0.5, 0.6) is 0 Å². The molecule has 40 heavy (non-hydrogen) atoms. The molecule has 5 atom stereocenters. The van der Waals surface area contributed by atoms with E-state index in [1.165, 1.54) is 36.5 Å². The molecule has 0 spiro atoms. The molecule has 12 heteroatoms. The van der Waals surface area contributed by atoms with Crippen molar-refractivity contribution in [3.8, 4) is 6.07 Å². The minimum absolute atomic E-state index is 0.00221. The number of carbonyl (C=O) groups is 3. The second-order valence-corrected chi connectivity index (χ2v) is 12.6. The fourth-order valence-electron chi connectivity index (χ4n) is 7.05. The molecule has 0 aliphatic carbocycles. The number of rotatable bonds is 4. The number of hydrogen-bond donors (Lipinski definition) is 1. The van der Waals surface area contributed by atoms with Gasteiger partial charge in [-0.05, 0) is 49.7 Å². The van der Waals surface area contributed by atoms with Crippen molar-refractivity contribution in [1.82, 2.24) is 9.29 Å². The average Bonchev–Trinajstić information content (AvgIpc) is 3.54. The monoisotopic (exact) mass is 558 g/mol. The van der Waals surface area contributed by atoms with Gasteiger partial charge in [-0.3, -0.25) is 19.4 Å². The summed E-state index contributed by atoms with van der Waals surface area (Å²) in [4.78, 5) is 46.2. The second kappa shape index (κ2) is 7.94. The normalized spacial score (nSPS) is 31.6. The molecule has 5 heterocycles. The molecule has 1 aromatic heterocycles. The predicted molar refractivity (Wildman–Crippen MR) is 138 cm³/mol. The molecule has 3 fully saturated rings. The number of anilines is 1. The summed E-state index contributed by atoms with van der Waals surface area (Å²) in [7, 11) is -4.10. The van der Waals surface area contributed by atoms with E-state index in [-0.39, 0.29) is 35.5 Å². The number of amides is 3. The smallest absolute Gasteiger partial charge is 0.269 e. The molecule has 1 N–H and O–H groups in total. The lowest BCUT2D eigenvalue weighted by Crippen LogP contribution is -2.50. The van der Waals surface area contributed by atoms with Crippen LogP contribution in [0.25, 0.3) is 10.9 Å². The number of imide groups is 1. The zero-order valence-corrected chi connectivity index (χ0v) is 22.0. The van der Waals surface area contributed by atoms with E-state index in [0.29, 0.717) is 16.5 Å². The molecular formula is C28H22N4O7S. The largest absolute Gasteiger partial charge is 0.390 e. The summed E-state index contributed by atoms with van der Waals surface area (Å²) in [5.74, 6) is -3.78. The number of pyridine rings is 1. The van der Waals surface area contributed by atoms with E-state index in [9.17, 15) is 33.2 Å². The molecule has 0 radical (unpaired) electrons. The van der Waals surface area contributed by atoms with E-state index in [2.05, 4.69) is 11.1 Å². The predicted octanol–water partition coefficient (Wildman–Crippen LogP) is 1.74. The Morgan fingerprint density at radius 3 is 2.60 bits per heavy atom. The molecule has 3 unspecified atom stereocenters. The summed E-state index contributed by atoms with van der Waals surface area (Å²) >= 11 is 0. The van der Waals surface area contributed by atoms with E-state index < -0.39 is 56.9 Å². The van der Waals surface area contributed by atoms with Crippen LogP contribution in [0.15, 0.2) is 59.6 Å². The molecule has 2 bridgehead atoms. The summed E-state index contributed by atoms with van der Waals surface area (Å²) in [6.45, 7) is 1.30. The zero-order chi connectivity index (χ0) is 28.2. The molecule has 0 saturated carbocycles. The van der Waals surface area contributed by atoms with Crippen molar-refractivity contribution < 1.29 is 32.6 Å². The number of benzene rings is 2. The van der Waals surface area contributed by atoms with Gasteiger partial charge in [0.05, 0.1) is 45.9 Å². The zero-order valence-electron chi connectivity index (χ0n) is 21.1. The topological polar surface area (TPSA) is 158 Å². The summed E-state index contributed by atoms with van der Waals surface area (Å²) < 4.78 is 33.4. The van der Waals surface area contributed by atoms with Crippen molar-refractivity contribution in [2.45, 2.75) is 42.0 Å². The summed E-state index contributed by atoms with van der Waals surface area (Å²) in [6, 6.07) is 14.3. The highest BCUT2D eigenvalue weighted by atomic mass is 32.2. The van der Waals surface area contributed by atoms with E-state index in [1.807, 2.05) is 0 Å². The van der Waals surface area contributed by atoms with Gasteiger partial charge in [-0.15, -0.1) is 0 Å². The van der Waals surface area contributed by atoms with Gasteiger partial charge >= 0.3 is 0 Å². The molecular weight excluding hydrogens is 536 g/mol. The number of hydrogen-bond acceptors (Lipinski definition) is 9. The number of nitriles is 1. The average molecular weight is 559 g/mol. The molecule has 4 aliphatic rings. The number of nitrogens with zero attached hydrogens (tertiary/aromatic N) is 4. The van der Waals surface area contributed by atoms with Crippen LogP contribution in [0.2, 0.25) is 0 Å². The first-order valence-electron chi connectivity index (χ1n) is 12.8. The highest BCUT2D eigenvalue weighted by Gasteiger charge is 2.77. The van der Waals surface area contributed by atoms with Crippen LogP contribution in [0, 0.1) is 23.2 Å². The van der Waals surface area contributed by atoms with Gasteiger partial charge in [0.2, 0.25) is 11.8 Å². The first-order valence-corrected chi connectivity index (χ1v) is 14.2. The SMILES string of the molecule is CC12OC(CCN3C(=O)c4ccccc4S3(=O)=O)(C[C@H]1O)C1C(=O)N(c3ccc(C#N)c4ncccc34)C(=O)[C@@H]12. The maximum Gasteiger partial charge on any atom is 0.269 e. The lowest BCUT2D eigenvalue weighted by molar-refractivity contribution is -0.133. The van der Waals surface area contributed by atoms with E-state index in [4.69, 9.17) is 4.74 Å². The Morgan fingerprint density at radius 1 is 1.10 bits per heavy atom. The number of fused-ring (bicyclic) bond motifs is 7. The van der Waals surface area contributed by atoms with Gasteiger partial charge in [-0.1, -0.05) is 12.1 Å². The Kier molecular flexibility index (Phi) is 4.93. The summed E-state index contributed by atoms with van der Waals surface area (Å²) in [6.07, 6.45) is 0.347. The third kappa shape index (κ3) is 2.91. The lowest BCUT2D eigenvalue weighted by atomic mass is 9.66. The van der Waals surface area contributed by atoms with Crippen LogP contribution in [0.3, 0.4) is 0 Å². The Labute approximate surface area is 228 Å². The molecule has 3 aromatic rings. The van der Waals surface area contributed by atoms with Gasteiger partial charge < -0.3 is 9.84 Å². The van der Waals surface area contributed by atoms with Crippen LogP contribution in [-0.4, -0.2) is 64.4 Å². The molecule has 2 aromatic carbocycles. The maximum atomic E-state index is 14.1. The van der Waals surface area contributed by atoms with Crippen LogP contribution >= 0.6 is 0 Å². The van der Waals surface area contributed by atoms with Crippen LogP contribution in [0.4, 0.5) is 5.69 Å². The summed E-state index contributed by atoms with van der Waals surface area (Å²) in [5, 5.41) is 21.0. The van der Waals surface area contributed by atoms with Crippen molar-refractivity contribution in [2.24, 2.45) is 11.8 Å². The van der Waals surface area contributed by atoms with E-state index >= 15 is 0 Å². The number of aliphatic hydroxyl groups is 1. The van der Waals surface area contributed by atoms with Gasteiger partial charge in [-0.25, -0.2) is 17.6 Å². The van der Waals surface area contributed by atoms with E-state index in [0.717, 1.165) is 9.21 Å². The van der Waals surface area contributed by atoms with Crippen LogP contribution in [-0.2, 0) is 24.3 Å². The van der Waals surface area contributed by atoms with Crippen molar-refractivity contribution in [3.63, 3.8) is 0 Å². The van der Waals surface area contributed by atoms with Crippen molar-refractivity contribution >= 4 is 44.3 Å². The number of sulfonamides is 1. The van der Waals surface area contributed by atoms with Gasteiger partial charge in [0.15, 0.2) is 0 Å². The maximum absolute atomic E-state index is 14.1. The molecule has 7 rings (SSSR count). The fourth-order valence-corrected chi connectivity index (χ4v) is 8.62. The number of ether oxygens (including phenoxy) is 1. The minimum atomic E-state index is -4.10. The Balaban J connectivity index is 1.27. The molecule has 3 amide bonds. The quantitative estimate of drug-likeness (QED) is 0.471. The standard InChI is InChI=1S/C28H22N4O7S/c1-27-20(33)13-28(39-27,10-12-31-24(34)17-5-2-3-7-19(17)40(31,37)38)22-21(27)25(35)32(26(22)36)18-9-8-15(14-29)23-16(18)6-4-11-30-23/h2-9,11,20-22,33H,10,12-13H2,1H3/t20-,21-,22?,27?,28?/m1/s1. The first kappa shape index (κ1) is 24.8. The third-order valence-electron chi connectivity index (χ3n) is 8.87. The summed E-state index contributed by atoms with van der Waals surface area (Å²) in [5.41, 5.74) is -1.78. The van der Waals surface area contributed by atoms with E-state index in [1.54, 1.807) is 25.1 Å². The van der Waals surface area contributed by atoms with Gasteiger partial charge in [-0.2, -0.15) is 5.26 Å². The van der Waals surface area contributed by atoms with Crippen LogP contribution < -0.4 is 4.90 Å². The fraction of sp³-hybridized carbons (Fsp3) is 0.321. The van der Waals surface area contributed by atoms with Crippen molar-refractivity contribution in [1.29, 1.82) is 5.26 Å². The van der Waals surface area contributed by atoms with Crippen molar-refractivity contribution in [3.05, 3.63) is 65.9 Å². The van der Waals surface area contributed by atoms with Crippen LogP contribution in [0.1, 0.15) is 35.7 Å². The van der Waals surface area contributed by atoms with Gasteiger partial charge in [0.1, 0.15) is 16.6 Å². The highest BCUT2D eigenvalue weighted by Crippen LogP contribution is 2.62. The Morgan fingerprint density at radius 2 is 1.85 bits per heavy atom. The Bertz CT molecular complexity index is 1840. The Hall–Kier alpha value is -4.18. The molecule has 3 saturated heterocycles. The lowest BCUT2D eigenvalue weighted by Gasteiger charge is -2.34. The first-order chi connectivity index (χ1) is 19.0. The number of aliphatic hydroxyl groups excluding tert-OH is 1. The van der Waals surface area contributed by atoms with Crippen molar-refractivity contribution in [2.75, 3.05) is 11.4 Å². The highest BCUT2D eigenvalue weighted by molar-refractivity contribution is 7.90.